The Morgan fingerprint density at radius 1 is 1.32 bits per heavy atom. The van der Waals surface area contributed by atoms with E-state index in [0.717, 1.165) is 31.2 Å². The number of aromatic nitrogens is 2. The van der Waals surface area contributed by atoms with E-state index >= 15 is 0 Å². The largest absolute Gasteiger partial charge is 0.317 e. The number of rotatable bonds is 6. The highest BCUT2D eigenvalue weighted by atomic mass is 15.3. The van der Waals surface area contributed by atoms with Crippen LogP contribution in [0.2, 0.25) is 0 Å². The van der Waals surface area contributed by atoms with Crippen molar-refractivity contribution in [1.82, 2.24) is 20.0 Å². The fraction of sp³-hybridized carbons (Fsp3) is 0.800. The van der Waals surface area contributed by atoms with Crippen LogP contribution in [0.4, 0.5) is 0 Å². The molecule has 0 aliphatic carbocycles. The van der Waals surface area contributed by atoms with Gasteiger partial charge in [-0.15, -0.1) is 0 Å². The Balaban J connectivity index is 1.81. The molecular formula is C15H28N4. The van der Waals surface area contributed by atoms with Gasteiger partial charge in [-0.05, 0) is 64.9 Å². The molecule has 1 aliphatic rings. The van der Waals surface area contributed by atoms with E-state index in [4.69, 9.17) is 0 Å². The maximum absolute atomic E-state index is 4.53. The number of hydrogen-bond acceptors (Lipinski definition) is 3. The summed E-state index contributed by atoms with van der Waals surface area (Å²) in [6.07, 6.45) is 2.65. The molecule has 108 valence electrons. The molecule has 0 atom stereocenters. The summed E-state index contributed by atoms with van der Waals surface area (Å²) in [5.41, 5.74) is 2.50. The summed E-state index contributed by atoms with van der Waals surface area (Å²) in [6, 6.07) is 2.23. The van der Waals surface area contributed by atoms with Crippen molar-refractivity contribution in [2.24, 2.45) is 5.92 Å². The first-order valence-electron chi connectivity index (χ1n) is 7.69. The second kappa shape index (κ2) is 7.06. The van der Waals surface area contributed by atoms with Crippen molar-refractivity contribution in [1.29, 1.82) is 0 Å². The molecule has 2 heterocycles. The summed E-state index contributed by atoms with van der Waals surface area (Å²) in [7, 11) is 0. The molecule has 2 rings (SSSR count). The van der Waals surface area contributed by atoms with Gasteiger partial charge in [0.1, 0.15) is 0 Å². The minimum atomic E-state index is 0.869. The highest BCUT2D eigenvalue weighted by Crippen LogP contribution is 2.18. The third-order valence-electron chi connectivity index (χ3n) is 4.06. The van der Waals surface area contributed by atoms with E-state index in [-0.39, 0.29) is 0 Å². The third kappa shape index (κ3) is 4.05. The summed E-state index contributed by atoms with van der Waals surface area (Å²) in [4.78, 5) is 2.57. The van der Waals surface area contributed by atoms with Gasteiger partial charge in [0.05, 0.1) is 11.4 Å². The minimum Gasteiger partial charge on any atom is -0.317 e. The number of likely N-dealkylation sites (tertiary alicyclic amines) is 1. The van der Waals surface area contributed by atoms with Gasteiger partial charge >= 0.3 is 0 Å². The van der Waals surface area contributed by atoms with E-state index in [1.165, 1.54) is 38.2 Å². The minimum absolute atomic E-state index is 0.869. The average molecular weight is 264 g/mol. The highest BCUT2D eigenvalue weighted by Gasteiger charge is 2.19. The van der Waals surface area contributed by atoms with Gasteiger partial charge < -0.3 is 5.32 Å². The summed E-state index contributed by atoms with van der Waals surface area (Å²) < 4.78 is 2.14. The van der Waals surface area contributed by atoms with Crippen molar-refractivity contribution >= 4 is 0 Å². The van der Waals surface area contributed by atoms with Gasteiger partial charge in [-0.3, -0.25) is 9.58 Å². The van der Waals surface area contributed by atoms with E-state index in [1.54, 1.807) is 0 Å². The standard InChI is InChI=1S/C15H28N4/c1-4-16-11-14-6-8-18(9-7-14)12-15-10-13(3)17-19(15)5-2/h10,14,16H,4-9,11-12H2,1-3H3. The molecule has 0 aromatic carbocycles. The van der Waals surface area contributed by atoms with Crippen molar-refractivity contribution in [2.45, 2.75) is 46.7 Å². The Kier molecular flexibility index (Phi) is 5.40. The molecule has 19 heavy (non-hydrogen) atoms. The van der Waals surface area contributed by atoms with Crippen LogP contribution in [0.3, 0.4) is 0 Å². The first kappa shape index (κ1) is 14.5. The number of hydrogen-bond donors (Lipinski definition) is 1. The lowest BCUT2D eigenvalue weighted by molar-refractivity contribution is 0.172. The van der Waals surface area contributed by atoms with Crippen LogP contribution in [0.25, 0.3) is 0 Å². The molecule has 0 amide bonds. The number of aryl methyl sites for hydroxylation is 2. The Morgan fingerprint density at radius 2 is 2.05 bits per heavy atom. The van der Waals surface area contributed by atoms with E-state index < -0.39 is 0 Å². The van der Waals surface area contributed by atoms with Gasteiger partial charge in [-0.1, -0.05) is 6.92 Å². The van der Waals surface area contributed by atoms with Crippen molar-refractivity contribution in [3.8, 4) is 0 Å². The van der Waals surface area contributed by atoms with Gasteiger partial charge in [0.15, 0.2) is 0 Å². The Morgan fingerprint density at radius 3 is 2.68 bits per heavy atom. The van der Waals surface area contributed by atoms with Crippen LogP contribution in [0.1, 0.15) is 38.1 Å². The second-order valence-electron chi connectivity index (χ2n) is 5.62. The molecule has 0 saturated carbocycles. The van der Waals surface area contributed by atoms with Crippen LogP contribution < -0.4 is 5.32 Å². The molecule has 1 fully saturated rings. The molecule has 1 saturated heterocycles. The predicted octanol–water partition coefficient (Wildman–Crippen LogP) is 2.03. The molecule has 0 radical (unpaired) electrons. The molecule has 4 nitrogen and oxygen atoms in total. The zero-order valence-electron chi connectivity index (χ0n) is 12.7. The third-order valence-corrected chi connectivity index (χ3v) is 4.06. The summed E-state index contributed by atoms with van der Waals surface area (Å²) in [5, 5.41) is 8.00. The van der Waals surface area contributed by atoms with Crippen LogP contribution >= 0.6 is 0 Å². The Bertz CT molecular complexity index is 377. The van der Waals surface area contributed by atoms with E-state index in [0.29, 0.717) is 0 Å². The highest BCUT2D eigenvalue weighted by molar-refractivity contribution is 5.09. The van der Waals surface area contributed by atoms with Crippen LogP contribution in [0.5, 0.6) is 0 Å². The Hall–Kier alpha value is -0.870. The maximum atomic E-state index is 4.53. The molecular weight excluding hydrogens is 236 g/mol. The molecule has 1 aromatic heterocycles. The number of piperidine rings is 1. The van der Waals surface area contributed by atoms with Crippen molar-refractivity contribution in [3.05, 3.63) is 17.5 Å². The summed E-state index contributed by atoms with van der Waals surface area (Å²) in [6.45, 7) is 13.2. The SMILES string of the molecule is CCNCC1CCN(Cc2cc(C)nn2CC)CC1. The fourth-order valence-corrected chi connectivity index (χ4v) is 2.93. The predicted molar refractivity (Wildman–Crippen MR) is 79.2 cm³/mol. The Labute approximate surface area is 117 Å². The molecule has 1 aromatic rings. The van der Waals surface area contributed by atoms with Gasteiger partial charge in [0.25, 0.3) is 0 Å². The molecule has 0 spiro atoms. The van der Waals surface area contributed by atoms with Crippen LogP contribution in [-0.2, 0) is 13.1 Å². The lowest BCUT2D eigenvalue weighted by atomic mass is 9.96. The number of nitrogens with zero attached hydrogens (tertiary/aromatic N) is 3. The maximum Gasteiger partial charge on any atom is 0.0597 e. The van der Waals surface area contributed by atoms with Gasteiger partial charge in [-0.25, -0.2) is 0 Å². The van der Waals surface area contributed by atoms with Gasteiger partial charge in [0, 0.05) is 13.1 Å². The molecule has 0 unspecified atom stereocenters. The van der Waals surface area contributed by atoms with E-state index in [9.17, 15) is 0 Å². The monoisotopic (exact) mass is 264 g/mol. The topological polar surface area (TPSA) is 33.1 Å². The lowest BCUT2D eigenvalue weighted by Crippen LogP contribution is -2.37. The molecule has 0 bridgehead atoms. The van der Waals surface area contributed by atoms with Crippen molar-refractivity contribution in [3.63, 3.8) is 0 Å². The lowest BCUT2D eigenvalue weighted by Gasteiger charge is -2.32. The van der Waals surface area contributed by atoms with Crippen LogP contribution in [-0.4, -0.2) is 40.9 Å². The quantitative estimate of drug-likeness (QED) is 0.853. The second-order valence-corrected chi connectivity index (χ2v) is 5.62. The normalized spacial score (nSPS) is 18.1. The van der Waals surface area contributed by atoms with Crippen molar-refractivity contribution in [2.75, 3.05) is 26.2 Å². The summed E-state index contributed by atoms with van der Waals surface area (Å²) in [5.74, 6) is 0.869. The first-order chi connectivity index (χ1) is 9.22. The van der Waals surface area contributed by atoms with Crippen LogP contribution in [0, 0.1) is 12.8 Å². The van der Waals surface area contributed by atoms with E-state index in [2.05, 4.69) is 46.8 Å². The van der Waals surface area contributed by atoms with Crippen molar-refractivity contribution < 1.29 is 0 Å². The van der Waals surface area contributed by atoms with Gasteiger partial charge in [0.2, 0.25) is 0 Å². The zero-order valence-corrected chi connectivity index (χ0v) is 12.7. The molecule has 1 N–H and O–H groups in total. The van der Waals surface area contributed by atoms with Crippen LogP contribution in [0.15, 0.2) is 6.07 Å². The number of nitrogens with one attached hydrogen (secondary N) is 1. The smallest absolute Gasteiger partial charge is 0.0597 e. The average Bonchev–Trinajstić information content (AvgIpc) is 2.78. The fourth-order valence-electron chi connectivity index (χ4n) is 2.93. The molecule has 1 aliphatic heterocycles. The zero-order chi connectivity index (χ0) is 13.7. The first-order valence-corrected chi connectivity index (χ1v) is 7.69. The van der Waals surface area contributed by atoms with Gasteiger partial charge in [-0.2, -0.15) is 5.10 Å². The summed E-state index contributed by atoms with van der Waals surface area (Å²) >= 11 is 0. The molecule has 4 heteroatoms. The van der Waals surface area contributed by atoms with E-state index in [1.807, 2.05) is 0 Å².